The van der Waals surface area contributed by atoms with Crippen molar-refractivity contribution in [3.05, 3.63) is 65.4 Å². The van der Waals surface area contributed by atoms with E-state index in [2.05, 4.69) is 21.7 Å². The first kappa shape index (κ1) is 17.0. The van der Waals surface area contributed by atoms with Crippen LogP contribution in [0.15, 0.2) is 48.5 Å². The van der Waals surface area contributed by atoms with Crippen molar-refractivity contribution in [3.63, 3.8) is 0 Å². The lowest BCUT2D eigenvalue weighted by molar-refractivity contribution is 0.102. The van der Waals surface area contributed by atoms with E-state index in [0.29, 0.717) is 23.5 Å². The normalized spacial score (nSPS) is 10.2. The second-order valence-corrected chi connectivity index (χ2v) is 5.48. The van der Waals surface area contributed by atoms with Gasteiger partial charge in [-0.05, 0) is 29.8 Å². The highest BCUT2D eigenvalue weighted by Gasteiger charge is 2.18. The Bertz CT molecular complexity index is 972. The largest absolute Gasteiger partial charge is 0.497 e. The SMILES string of the molecule is COc1cccc(NC(=O)c2nnn(Cc3ccc(C#N)cc3)c2N)c1. The number of hydrogen-bond acceptors (Lipinski definition) is 6. The van der Waals surface area contributed by atoms with Gasteiger partial charge in [0.2, 0.25) is 0 Å². The van der Waals surface area contributed by atoms with Gasteiger partial charge in [-0.25, -0.2) is 4.68 Å². The molecular weight excluding hydrogens is 332 g/mol. The maximum absolute atomic E-state index is 12.4. The first-order valence-electron chi connectivity index (χ1n) is 7.74. The van der Waals surface area contributed by atoms with Gasteiger partial charge < -0.3 is 15.8 Å². The molecule has 0 fully saturated rings. The highest BCUT2D eigenvalue weighted by atomic mass is 16.5. The van der Waals surface area contributed by atoms with E-state index in [1.54, 1.807) is 55.6 Å². The van der Waals surface area contributed by atoms with Crippen molar-refractivity contribution < 1.29 is 9.53 Å². The molecule has 1 aromatic heterocycles. The van der Waals surface area contributed by atoms with Gasteiger partial charge >= 0.3 is 0 Å². The highest BCUT2D eigenvalue weighted by molar-refractivity contribution is 6.05. The number of nitrogens with zero attached hydrogens (tertiary/aromatic N) is 4. The molecule has 8 nitrogen and oxygen atoms in total. The fourth-order valence-electron chi connectivity index (χ4n) is 2.35. The molecule has 130 valence electrons. The van der Waals surface area contributed by atoms with Crippen LogP contribution < -0.4 is 15.8 Å². The summed E-state index contributed by atoms with van der Waals surface area (Å²) >= 11 is 0. The summed E-state index contributed by atoms with van der Waals surface area (Å²) in [6.45, 7) is 0.344. The molecule has 0 spiro atoms. The van der Waals surface area contributed by atoms with Gasteiger partial charge in [0.25, 0.3) is 5.91 Å². The smallest absolute Gasteiger partial charge is 0.280 e. The molecule has 0 radical (unpaired) electrons. The van der Waals surface area contributed by atoms with E-state index < -0.39 is 5.91 Å². The van der Waals surface area contributed by atoms with Crippen LogP contribution in [0.1, 0.15) is 21.6 Å². The standard InChI is InChI=1S/C18H16N6O2/c1-26-15-4-2-3-14(9-15)21-18(25)16-17(20)24(23-22-16)11-13-7-5-12(10-19)6-8-13/h2-9H,11,20H2,1H3,(H,21,25). The van der Waals surface area contributed by atoms with E-state index in [1.165, 1.54) is 4.68 Å². The number of carbonyl (C=O) groups is 1. The number of nitrogens with two attached hydrogens (primary N) is 1. The molecular formula is C18H16N6O2. The molecule has 3 N–H and O–H groups in total. The zero-order chi connectivity index (χ0) is 18.5. The lowest BCUT2D eigenvalue weighted by Crippen LogP contribution is -2.15. The average molecular weight is 348 g/mol. The second kappa shape index (κ2) is 7.36. The molecule has 3 rings (SSSR count). The predicted molar refractivity (Wildman–Crippen MR) is 95.6 cm³/mol. The van der Waals surface area contributed by atoms with Gasteiger partial charge in [-0.2, -0.15) is 5.26 Å². The van der Waals surface area contributed by atoms with E-state index in [0.717, 1.165) is 5.56 Å². The third-order valence-corrected chi connectivity index (χ3v) is 3.73. The van der Waals surface area contributed by atoms with Crippen LogP contribution in [0.25, 0.3) is 0 Å². The van der Waals surface area contributed by atoms with Crippen LogP contribution in [0.5, 0.6) is 5.75 Å². The third kappa shape index (κ3) is 3.62. The quantitative estimate of drug-likeness (QED) is 0.728. The second-order valence-electron chi connectivity index (χ2n) is 5.48. The molecule has 2 aromatic carbocycles. The van der Waals surface area contributed by atoms with Crippen LogP contribution in [-0.2, 0) is 6.54 Å². The summed E-state index contributed by atoms with van der Waals surface area (Å²) in [5.74, 6) is 0.330. The summed E-state index contributed by atoms with van der Waals surface area (Å²) in [5.41, 5.74) is 8.08. The molecule has 3 aromatic rings. The van der Waals surface area contributed by atoms with E-state index in [4.69, 9.17) is 15.7 Å². The summed E-state index contributed by atoms with van der Waals surface area (Å²) in [6, 6.07) is 16.0. The molecule has 0 aliphatic heterocycles. The van der Waals surface area contributed by atoms with Crippen LogP contribution in [0.3, 0.4) is 0 Å². The third-order valence-electron chi connectivity index (χ3n) is 3.73. The molecule has 26 heavy (non-hydrogen) atoms. The number of ether oxygens (including phenoxy) is 1. The van der Waals surface area contributed by atoms with Gasteiger partial charge in [-0.3, -0.25) is 4.79 Å². The molecule has 8 heteroatoms. The van der Waals surface area contributed by atoms with Gasteiger partial charge in [0.15, 0.2) is 11.5 Å². The molecule has 0 bridgehead atoms. The number of rotatable bonds is 5. The Labute approximate surface area is 149 Å². The highest BCUT2D eigenvalue weighted by Crippen LogP contribution is 2.18. The van der Waals surface area contributed by atoms with Gasteiger partial charge in [0.1, 0.15) is 5.75 Å². The summed E-state index contributed by atoms with van der Waals surface area (Å²) < 4.78 is 6.56. The molecule has 0 saturated heterocycles. The Kier molecular flexibility index (Phi) is 4.80. The van der Waals surface area contributed by atoms with Crippen molar-refractivity contribution in [1.82, 2.24) is 15.0 Å². The van der Waals surface area contributed by atoms with Crippen molar-refractivity contribution in [2.75, 3.05) is 18.2 Å². The van der Waals surface area contributed by atoms with E-state index in [9.17, 15) is 4.79 Å². The molecule has 0 unspecified atom stereocenters. The molecule has 0 aliphatic carbocycles. The number of aromatic nitrogens is 3. The van der Waals surface area contributed by atoms with Crippen LogP contribution in [0.4, 0.5) is 11.5 Å². The Morgan fingerprint density at radius 2 is 2.08 bits per heavy atom. The molecule has 1 amide bonds. The number of nitrogens with one attached hydrogen (secondary N) is 1. The minimum absolute atomic E-state index is 0.0430. The van der Waals surface area contributed by atoms with E-state index >= 15 is 0 Å². The number of nitrogen functional groups attached to an aromatic ring is 1. The van der Waals surface area contributed by atoms with E-state index in [-0.39, 0.29) is 11.5 Å². The van der Waals surface area contributed by atoms with Crippen molar-refractivity contribution >= 4 is 17.4 Å². The van der Waals surface area contributed by atoms with Crippen LogP contribution in [-0.4, -0.2) is 28.0 Å². The summed E-state index contributed by atoms with van der Waals surface area (Å²) in [7, 11) is 1.55. The minimum Gasteiger partial charge on any atom is -0.497 e. The number of anilines is 2. The molecule has 0 aliphatic rings. The minimum atomic E-state index is -0.457. The number of benzene rings is 2. The predicted octanol–water partition coefficient (Wildman–Crippen LogP) is 2.04. The Balaban J connectivity index is 1.75. The summed E-state index contributed by atoms with van der Waals surface area (Å²) in [6.07, 6.45) is 0. The zero-order valence-corrected chi connectivity index (χ0v) is 14.0. The van der Waals surface area contributed by atoms with Crippen LogP contribution in [0, 0.1) is 11.3 Å². The first-order chi connectivity index (χ1) is 12.6. The van der Waals surface area contributed by atoms with Crippen molar-refractivity contribution in [1.29, 1.82) is 5.26 Å². The Morgan fingerprint density at radius 1 is 1.31 bits per heavy atom. The molecule has 1 heterocycles. The van der Waals surface area contributed by atoms with Crippen molar-refractivity contribution in [2.24, 2.45) is 0 Å². The fourth-order valence-corrected chi connectivity index (χ4v) is 2.35. The van der Waals surface area contributed by atoms with E-state index in [1.807, 2.05) is 0 Å². The van der Waals surface area contributed by atoms with Gasteiger partial charge in [-0.15, -0.1) is 5.10 Å². The number of amides is 1. The Morgan fingerprint density at radius 3 is 2.77 bits per heavy atom. The number of methoxy groups -OCH3 is 1. The Hall–Kier alpha value is -3.86. The molecule has 0 atom stereocenters. The molecule has 0 saturated carbocycles. The van der Waals surface area contributed by atoms with Gasteiger partial charge in [0, 0.05) is 11.8 Å². The van der Waals surface area contributed by atoms with Crippen LogP contribution >= 0.6 is 0 Å². The summed E-state index contributed by atoms with van der Waals surface area (Å²) in [4.78, 5) is 12.4. The van der Waals surface area contributed by atoms with Gasteiger partial charge in [-0.1, -0.05) is 23.4 Å². The van der Waals surface area contributed by atoms with Crippen LogP contribution in [0.2, 0.25) is 0 Å². The lowest BCUT2D eigenvalue weighted by atomic mass is 10.1. The monoisotopic (exact) mass is 348 g/mol. The number of carbonyl (C=O) groups excluding carboxylic acids is 1. The maximum atomic E-state index is 12.4. The van der Waals surface area contributed by atoms with Crippen molar-refractivity contribution in [3.8, 4) is 11.8 Å². The summed E-state index contributed by atoms with van der Waals surface area (Å²) in [5, 5.41) is 19.4. The fraction of sp³-hybridized carbons (Fsp3) is 0.111. The topological polar surface area (TPSA) is 119 Å². The number of nitriles is 1. The first-order valence-corrected chi connectivity index (χ1v) is 7.74. The lowest BCUT2D eigenvalue weighted by Gasteiger charge is -2.06. The van der Waals surface area contributed by atoms with Gasteiger partial charge in [0.05, 0.1) is 25.3 Å². The number of hydrogen-bond donors (Lipinski definition) is 2. The maximum Gasteiger partial charge on any atom is 0.280 e. The average Bonchev–Trinajstić information content (AvgIpc) is 3.03. The zero-order valence-electron chi connectivity index (χ0n) is 14.0. The van der Waals surface area contributed by atoms with Crippen molar-refractivity contribution in [2.45, 2.75) is 6.54 Å².